The average molecular weight is 269 g/mol. The molecule has 0 amide bonds. The minimum absolute atomic E-state index is 0.763. The van der Waals surface area contributed by atoms with Gasteiger partial charge in [-0.25, -0.2) is 0 Å². The zero-order valence-corrected chi connectivity index (χ0v) is 11.2. The molecule has 3 aromatic rings. The number of nitrogens with two attached hydrogens (primary N) is 1. The zero-order chi connectivity index (χ0) is 13.1. The van der Waals surface area contributed by atoms with Crippen LogP contribution < -0.4 is 11.1 Å². The van der Waals surface area contributed by atoms with Crippen LogP contribution in [0.2, 0.25) is 0 Å². The molecule has 0 bridgehead atoms. The Hall–Kier alpha value is -2.20. The lowest BCUT2D eigenvalue weighted by atomic mass is 10.2. The second-order valence-electron chi connectivity index (χ2n) is 4.29. The quantitative estimate of drug-likeness (QED) is 0.758. The molecule has 1 aromatic carbocycles. The highest BCUT2D eigenvalue weighted by molar-refractivity contribution is 7.10. The molecule has 19 heavy (non-hydrogen) atoms. The summed E-state index contributed by atoms with van der Waals surface area (Å²) in [4.78, 5) is 1.17. The number of hydrogen-bond acceptors (Lipinski definition) is 3. The van der Waals surface area contributed by atoms with E-state index >= 15 is 0 Å². The van der Waals surface area contributed by atoms with Gasteiger partial charge in [-0.2, -0.15) is 0 Å². The van der Waals surface area contributed by atoms with Crippen molar-refractivity contribution in [3.63, 3.8) is 0 Å². The first-order valence-corrected chi connectivity index (χ1v) is 7.00. The highest BCUT2D eigenvalue weighted by Gasteiger charge is 2.01. The molecule has 0 aliphatic carbocycles. The van der Waals surface area contributed by atoms with Crippen molar-refractivity contribution in [2.75, 3.05) is 11.1 Å². The van der Waals surface area contributed by atoms with Gasteiger partial charge < -0.3 is 15.6 Å². The van der Waals surface area contributed by atoms with E-state index in [0.29, 0.717) is 0 Å². The number of benzene rings is 1. The molecule has 3 N–H and O–H groups in total. The Balaban J connectivity index is 1.75. The molecule has 0 spiro atoms. The lowest BCUT2D eigenvalue weighted by Gasteiger charge is -2.09. The summed E-state index contributed by atoms with van der Waals surface area (Å²) in [5.41, 5.74) is 8.98. The lowest BCUT2D eigenvalue weighted by molar-refractivity contribution is 1.08. The number of hydrogen-bond donors (Lipinski definition) is 2. The van der Waals surface area contributed by atoms with Crippen LogP contribution >= 0.6 is 11.3 Å². The fourth-order valence-corrected chi connectivity index (χ4v) is 2.70. The third-order valence-electron chi connectivity index (χ3n) is 2.98. The Kier molecular flexibility index (Phi) is 3.25. The molecule has 0 aliphatic heterocycles. The van der Waals surface area contributed by atoms with Gasteiger partial charge in [0.05, 0.1) is 6.54 Å². The third-order valence-corrected chi connectivity index (χ3v) is 3.92. The van der Waals surface area contributed by atoms with E-state index in [4.69, 9.17) is 5.73 Å². The minimum atomic E-state index is 0.763. The van der Waals surface area contributed by atoms with Gasteiger partial charge in [0.1, 0.15) is 0 Å². The molecular weight excluding hydrogens is 254 g/mol. The molecular formula is C15H15N3S. The van der Waals surface area contributed by atoms with Crippen molar-refractivity contribution in [2.45, 2.75) is 6.54 Å². The molecule has 0 fully saturated rings. The first-order valence-electron chi connectivity index (χ1n) is 6.12. The van der Waals surface area contributed by atoms with Crippen LogP contribution in [-0.2, 0) is 6.54 Å². The number of nitrogens with one attached hydrogen (secondary N) is 1. The highest BCUT2D eigenvalue weighted by atomic mass is 32.1. The SMILES string of the molecule is Nc1ccsc1CNc1cccc(-n2cccc2)c1. The number of aromatic nitrogens is 1. The minimum Gasteiger partial charge on any atom is -0.398 e. The maximum Gasteiger partial charge on any atom is 0.0514 e. The molecule has 0 atom stereocenters. The molecule has 96 valence electrons. The van der Waals surface area contributed by atoms with Crippen LogP contribution in [0.25, 0.3) is 5.69 Å². The molecule has 0 radical (unpaired) electrons. The van der Waals surface area contributed by atoms with Crippen molar-refractivity contribution in [1.29, 1.82) is 0 Å². The summed E-state index contributed by atoms with van der Waals surface area (Å²) >= 11 is 1.68. The van der Waals surface area contributed by atoms with Crippen LogP contribution in [0.4, 0.5) is 11.4 Å². The summed E-state index contributed by atoms with van der Waals surface area (Å²) in [5, 5.41) is 5.42. The lowest BCUT2D eigenvalue weighted by Crippen LogP contribution is -2.00. The summed E-state index contributed by atoms with van der Waals surface area (Å²) < 4.78 is 2.09. The molecule has 0 aliphatic rings. The first kappa shape index (κ1) is 11.9. The van der Waals surface area contributed by atoms with Crippen molar-refractivity contribution >= 4 is 22.7 Å². The highest BCUT2D eigenvalue weighted by Crippen LogP contribution is 2.21. The second-order valence-corrected chi connectivity index (χ2v) is 5.29. The fourth-order valence-electron chi connectivity index (χ4n) is 1.96. The van der Waals surface area contributed by atoms with Crippen LogP contribution in [0.1, 0.15) is 4.88 Å². The number of nitrogens with zero attached hydrogens (tertiary/aromatic N) is 1. The van der Waals surface area contributed by atoms with Gasteiger partial charge in [-0.1, -0.05) is 6.07 Å². The van der Waals surface area contributed by atoms with Gasteiger partial charge in [-0.3, -0.25) is 0 Å². The molecule has 0 unspecified atom stereocenters. The molecule has 2 aromatic heterocycles. The summed E-state index contributed by atoms with van der Waals surface area (Å²) in [5.74, 6) is 0. The van der Waals surface area contributed by atoms with E-state index in [1.165, 1.54) is 4.88 Å². The monoisotopic (exact) mass is 269 g/mol. The van der Waals surface area contributed by atoms with Crippen molar-refractivity contribution in [2.24, 2.45) is 0 Å². The summed E-state index contributed by atoms with van der Waals surface area (Å²) in [6, 6.07) is 14.3. The number of anilines is 2. The van der Waals surface area contributed by atoms with Crippen LogP contribution in [-0.4, -0.2) is 4.57 Å². The normalized spacial score (nSPS) is 10.5. The van der Waals surface area contributed by atoms with E-state index in [9.17, 15) is 0 Å². The van der Waals surface area contributed by atoms with E-state index in [0.717, 1.165) is 23.6 Å². The Bertz CT molecular complexity index is 656. The van der Waals surface area contributed by atoms with Gasteiger partial charge in [0, 0.05) is 34.3 Å². The van der Waals surface area contributed by atoms with Crippen LogP contribution in [0.5, 0.6) is 0 Å². The average Bonchev–Trinajstić information content (AvgIpc) is 3.08. The van der Waals surface area contributed by atoms with Gasteiger partial charge in [0.15, 0.2) is 0 Å². The Morgan fingerprint density at radius 1 is 1.11 bits per heavy atom. The Labute approximate surface area is 116 Å². The van der Waals surface area contributed by atoms with Crippen molar-refractivity contribution in [1.82, 2.24) is 4.57 Å². The summed E-state index contributed by atoms with van der Waals surface area (Å²) in [6.07, 6.45) is 4.08. The molecule has 4 heteroatoms. The van der Waals surface area contributed by atoms with Crippen LogP contribution in [0.3, 0.4) is 0 Å². The van der Waals surface area contributed by atoms with E-state index in [1.807, 2.05) is 36.0 Å². The first-order chi connectivity index (χ1) is 9.33. The Morgan fingerprint density at radius 3 is 2.68 bits per heavy atom. The van der Waals surface area contributed by atoms with Gasteiger partial charge in [0.2, 0.25) is 0 Å². The van der Waals surface area contributed by atoms with Crippen LogP contribution in [0.15, 0.2) is 60.2 Å². The summed E-state index contributed by atoms with van der Waals surface area (Å²) in [7, 11) is 0. The fraction of sp³-hybridized carbons (Fsp3) is 0.0667. The Morgan fingerprint density at radius 2 is 1.95 bits per heavy atom. The van der Waals surface area contributed by atoms with E-state index in [2.05, 4.69) is 34.1 Å². The maximum absolute atomic E-state index is 5.88. The largest absolute Gasteiger partial charge is 0.398 e. The standard InChI is InChI=1S/C15H15N3S/c16-14-6-9-19-15(14)11-17-12-4-3-5-13(10-12)18-7-1-2-8-18/h1-10,17H,11,16H2. The molecule has 0 saturated carbocycles. The number of nitrogen functional groups attached to an aromatic ring is 1. The molecule has 3 rings (SSSR count). The van der Waals surface area contributed by atoms with Gasteiger partial charge in [-0.05, 0) is 41.8 Å². The van der Waals surface area contributed by atoms with Gasteiger partial charge in [0.25, 0.3) is 0 Å². The molecule has 2 heterocycles. The van der Waals surface area contributed by atoms with Crippen molar-refractivity contribution < 1.29 is 0 Å². The smallest absolute Gasteiger partial charge is 0.0514 e. The zero-order valence-electron chi connectivity index (χ0n) is 10.4. The van der Waals surface area contributed by atoms with Crippen LogP contribution in [0, 0.1) is 0 Å². The van der Waals surface area contributed by atoms with Gasteiger partial charge >= 0.3 is 0 Å². The number of rotatable bonds is 4. The van der Waals surface area contributed by atoms with Gasteiger partial charge in [-0.15, -0.1) is 11.3 Å². The second kappa shape index (κ2) is 5.20. The molecule has 0 saturated heterocycles. The number of thiophene rings is 1. The third kappa shape index (κ3) is 2.63. The summed E-state index contributed by atoms with van der Waals surface area (Å²) in [6.45, 7) is 0.763. The van der Waals surface area contributed by atoms with E-state index in [1.54, 1.807) is 11.3 Å². The predicted molar refractivity (Wildman–Crippen MR) is 81.8 cm³/mol. The molecule has 3 nitrogen and oxygen atoms in total. The van der Waals surface area contributed by atoms with Crippen molar-refractivity contribution in [3.8, 4) is 5.69 Å². The van der Waals surface area contributed by atoms with E-state index in [-0.39, 0.29) is 0 Å². The predicted octanol–water partition coefficient (Wildman–Crippen LogP) is 3.73. The maximum atomic E-state index is 5.88. The van der Waals surface area contributed by atoms with Crippen molar-refractivity contribution in [3.05, 3.63) is 65.1 Å². The van der Waals surface area contributed by atoms with E-state index < -0.39 is 0 Å². The topological polar surface area (TPSA) is 43.0 Å².